The lowest BCUT2D eigenvalue weighted by molar-refractivity contribution is 0.0945. The zero-order chi connectivity index (χ0) is 12.5. The standard InChI is InChI=1S/C11H16BrFN2O/c1-6-4-7(14)10(8(12)9(6)13)15-5-11(2,3)16/h4,15-16H,5,14H2,1-3H3. The first-order valence-corrected chi connectivity index (χ1v) is 5.72. The van der Waals surface area contributed by atoms with E-state index in [1.165, 1.54) is 0 Å². The lowest BCUT2D eigenvalue weighted by atomic mass is 10.1. The number of halogens is 2. The van der Waals surface area contributed by atoms with Crippen molar-refractivity contribution < 1.29 is 9.50 Å². The number of nitrogen functional groups attached to an aromatic ring is 1. The molecule has 0 unspecified atom stereocenters. The molecule has 0 saturated heterocycles. The number of rotatable bonds is 3. The molecule has 1 rings (SSSR count). The zero-order valence-corrected chi connectivity index (χ0v) is 11.2. The topological polar surface area (TPSA) is 58.3 Å². The molecule has 3 nitrogen and oxygen atoms in total. The Balaban J connectivity index is 3.01. The van der Waals surface area contributed by atoms with Gasteiger partial charge >= 0.3 is 0 Å². The van der Waals surface area contributed by atoms with Crippen LogP contribution in [0.1, 0.15) is 19.4 Å². The Morgan fingerprint density at radius 3 is 2.62 bits per heavy atom. The van der Waals surface area contributed by atoms with Crippen molar-refractivity contribution in [3.8, 4) is 0 Å². The van der Waals surface area contributed by atoms with Crippen molar-refractivity contribution in [2.24, 2.45) is 0 Å². The summed E-state index contributed by atoms with van der Waals surface area (Å²) < 4.78 is 13.9. The van der Waals surface area contributed by atoms with Gasteiger partial charge in [0.05, 0.1) is 21.4 Å². The van der Waals surface area contributed by atoms with Gasteiger partial charge in [0.15, 0.2) is 0 Å². The van der Waals surface area contributed by atoms with E-state index in [0.717, 1.165) is 0 Å². The maximum atomic E-state index is 13.6. The summed E-state index contributed by atoms with van der Waals surface area (Å²) in [4.78, 5) is 0. The van der Waals surface area contributed by atoms with E-state index >= 15 is 0 Å². The third-order valence-corrected chi connectivity index (χ3v) is 2.86. The number of nitrogens with two attached hydrogens (primary N) is 1. The van der Waals surface area contributed by atoms with E-state index in [0.29, 0.717) is 21.4 Å². The maximum Gasteiger partial charge on any atom is 0.142 e. The molecule has 0 atom stereocenters. The maximum absolute atomic E-state index is 13.6. The van der Waals surface area contributed by atoms with Gasteiger partial charge in [0.1, 0.15) is 5.82 Å². The minimum atomic E-state index is -0.882. The van der Waals surface area contributed by atoms with Gasteiger partial charge in [-0.15, -0.1) is 0 Å². The molecule has 0 aliphatic heterocycles. The van der Waals surface area contributed by atoms with E-state index in [4.69, 9.17) is 5.73 Å². The highest BCUT2D eigenvalue weighted by Crippen LogP contribution is 2.33. The van der Waals surface area contributed by atoms with Crippen LogP contribution in [-0.4, -0.2) is 17.3 Å². The molecule has 90 valence electrons. The SMILES string of the molecule is Cc1cc(N)c(NCC(C)(C)O)c(Br)c1F. The van der Waals surface area contributed by atoms with Crippen LogP contribution in [0.2, 0.25) is 0 Å². The molecule has 0 heterocycles. The summed E-state index contributed by atoms with van der Waals surface area (Å²) >= 11 is 3.15. The summed E-state index contributed by atoms with van der Waals surface area (Å²) in [5.74, 6) is -0.340. The summed E-state index contributed by atoms with van der Waals surface area (Å²) in [6, 6.07) is 1.56. The number of nitrogens with one attached hydrogen (secondary N) is 1. The summed E-state index contributed by atoms with van der Waals surface area (Å²) in [7, 11) is 0. The molecular formula is C11H16BrFN2O. The largest absolute Gasteiger partial charge is 0.397 e. The fraction of sp³-hybridized carbons (Fsp3) is 0.455. The van der Waals surface area contributed by atoms with Crippen LogP contribution in [0.4, 0.5) is 15.8 Å². The van der Waals surface area contributed by atoms with E-state index in [-0.39, 0.29) is 12.4 Å². The Kier molecular flexibility index (Phi) is 3.80. The van der Waals surface area contributed by atoms with E-state index in [2.05, 4.69) is 21.2 Å². The lowest BCUT2D eigenvalue weighted by Gasteiger charge is -2.20. The number of benzene rings is 1. The number of hydrogen-bond donors (Lipinski definition) is 3. The van der Waals surface area contributed by atoms with Crippen LogP contribution in [0.25, 0.3) is 0 Å². The fourth-order valence-corrected chi connectivity index (χ4v) is 1.94. The van der Waals surface area contributed by atoms with Crippen LogP contribution in [0.3, 0.4) is 0 Å². The zero-order valence-electron chi connectivity index (χ0n) is 9.56. The summed E-state index contributed by atoms with van der Waals surface area (Å²) in [5.41, 5.74) is 6.31. The molecule has 4 N–H and O–H groups in total. The number of aliphatic hydroxyl groups is 1. The Morgan fingerprint density at radius 1 is 1.56 bits per heavy atom. The van der Waals surface area contributed by atoms with E-state index in [1.807, 2.05) is 0 Å². The third-order valence-electron chi connectivity index (χ3n) is 2.12. The van der Waals surface area contributed by atoms with Crippen LogP contribution in [0.15, 0.2) is 10.5 Å². The average molecular weight is 291 g/mol. The van der Waals surface area contributed by atoms with Gasteiger partial charge in [-0.1, -0.05) is 0 Å². The summed E-state index contributed by atoms with van der Waals surface area (Å²) in [5, 5.41) is 12.5. The Bertz CT molecular complexity index is 402. The van der Waals surface area contributed by atoms with E-state index in [9.17, 15) is 9.50 Å². The molecule has 1 aromatic carbocycles. The van der Waals surface area contributed by atoms with Crippen molar-refractivity contribution in [2.75, 3.05) is 17.6 Å². The second-order valence-corrected chi connectivity index (χ2v) is 5.24. The van der Waals surface area contributed by atoms with Gasteiger partial charge in [-0.2, -0.15) is 0 Å². The van der Waals surface area contributed by atoms with Crippen LogP contribution in [0.5, 0.6) is 0 Å². The minimum Gasteiger partial charge on any atom is -0.397 e. The summed E-state index contributed by atoms with van der Waals surface area (Å²) in [6.45, 7) is 5.26. The Morgan fingerprint density at radius 2 is 2.12 bits per heavy atom. The molecule has 0 aliphatic carbocycles. The molecule has 0 radical (unpaired) electrons. The Labute approximate surface area is 103 Å². The first-order chi connectivity index (χ1) is 7.22. The molecule has 16 heavy (non-hydrogen) atoms. The van der Waals surface area contributed by atoms with Gasteiger partial charge < -0.3 is 16.2 Å². The molecular weight excluding hydrogens is 275 g/mol. The van der Waals surface area contributed by atoms with Crippen molar-refractivity contribution in [2.45, 2.75) is 26.4 Å². The number of anilines is 2. The molecule has 0 fully saturated rings. The van der Waals surface area contributed by atoms with Crippen LogP contribution < -0.4 is 11.1 Å². The number of aryl methyl sites for hydroxylation is 1. The van der Waals surface area contributed by atoms with Gasteiger partial charge in [-0.25, -0.2) is 4.39 Å². The van der Waals surface area contributed by atoms with Crippen molar-refractivity contribution in [3.05, 3.63) is 21.9 Å². The highest BCUT2D eigenvalue weighted by Gasteiger charge is 2.16. The molecule has 1 aromatic rings. The second kappa shape index (κ2) is 4.59. The van der Waals surface area contributed by atoms with Gasteiger partial charge in [0.2, 0.25) is 0 Å². The normalized spacial score (nSPS) is 11.6. The third kappa shape index (κ3) is 3.09. The van der Waals surface area contributed by atoms with Gasteiger partial charge in [-0.05, 0) is 48.3 Å². The van der Waals surface area contributed by atoms with E-state index in [1.54, 1.807) is 26.8 Å². The fourth-order valence-electron chi connectivity index (χ4n) is 1.26. The van der Waals surface area contributed by atoms with Crippen LogP contribution in [0, 0.1) is 12.7 Å². The van der Waals surface area contributed by atoms with Gasteiger partial charge in [0.25, 0.3) is 0 Å². The number of hydrogen-bond acceptors (Lipinski definition) is 3. The van der Waals surface area contributed by atoms with Crippen molar-refractivity contribution in [3.63, 3.8) is 0 Å². The van der Waals surface area contributed by atoms with Crippen LogP contribution >= 0.6 is 15.9 Å². The molecule has 0 amide bonds. The molecule has 0 aliphatic rings. The van der Waals surface area contributed by atoms with Gasteiger partial charge in [0, 0.05) is 6.54 Å². The Hall–Kier alpha value is -0.810. The molecule has 0 saturated carbocycles. The van der Waals surface area contributed by atoms with E-state index < -0.39 is 5.60 Å². The van der Waals surface area contributed by atoms with Crippen molar-refractivity contribution in [1.29, 1.82) is 0 Å². The summed E-state index contributed by atoms with van der Waals surface area (Å²) in [6.07, 6.45) is 0. The predicted molar refractivity (Wildman–Crippen MR) is 68.0 cm³/mol. The average Bonchev–Trinajstić information content (AvgIpc) is 2.12. The lowest BCUT2D eigenvalue weighted by Crippen LogP contribution is -2.29. The molecule has 0 bridgehead atoms. The van der Waals surface area contributed by atoms with Crippen molar-refractivity contribution in [1.82, 2.24) is 0 Å². The quantitative estimate of drug-likeness (QED) is 0.750. The molecule has 5 heteroatoms. The molecule has 0 spiro atoms. The minimum absolute atomic E-state index is 0.290. The highest BCUT2D eigenvalue weighted by atomic mass is 79.9. The smallest absolute Gasteiger partial charge is 0.142 e. The molecule has 0 aromatic heterocycles. The van der Waals surface area contributed by atoms with Crippen molar-refractivity contribution >= 4 is 27.3 Å². The van der Waals surface area contributed by atoms with Gasteiger partial charge in [-0.3, -0.25) is 0 Å². The highest BCUT2D eigenvalue weighted by molar-refractivity contribution is 9.10. The van der Waals surface area contributed by atoms with Crippen LogP contribution in [-0.2, 0) is 0 Å². The monoisotopic (exact) mass is 290 g/mol. The first-order valence-electron chi connectivity index (χ1n) is 4.92. The second-order valence-electron chi connectivity index (χ2n) is 4.45. The predicted octanol–water partition coefficient (Wildman–Crippen LogP) is 2.66. The first kappa shape index (κ1) is 13.3.